The van der Waals surface area contributed by atoms with Gasteiger partial charge >= 0.3 is 0 Å². The third kappa shape index (κ3) is 2.26. The molecule has 1 saturated heterocycles. The second kappa shape index (κ2) is 4.37. The highest BCUT2D eigenvalue weighted by Crippen LogP contribution is 2.17. The van der Waals surface area contributed by atoms with Crippen molar-refractivity contribution in [1.29, 1.82) is 0 Å². The zero-order valence-corrected chi connectivity index (χ0v) is 9.80. The highest BCUT2D eigenvalue weighted by molar-refractivity contribution is 5.52. The number of nitrogen functional groups attached to an aromatic ring is 1. The van der Waals surface area contributed by atoms with Crippen LogP contribution in [0.25, 0.3) is 5.65 Å². The van der Waals surface area contributed by atoms with Gasteiger partial charge in [-0.3, -0.25) is 0 Å². The van der Waals surface area contributed by atoms with Crippen molar-refractivity contribution in [3.63, 3.8) is 0 Å². The number of imidazole rings is 1. The van der Waals surface area contributed by atoms with Gasteiger partial charge in [-0.25, -0.2) is 4.98 Å². The number of nitrogens with zero attached hydrogens (tertiary/aromatic N) is 2. The normalized spacial score (nSPS) is 20.8. The minimum atomic E-state index is 0.339. The molecule has 1 aliphatic rings. The van der Waals surface area contributed by atoms with Crippen molar-refractivity contribution < 1.29 is 4.74 Å². The summed E-state index contributed by atoms with van der Waals surface area (Å²) in [5.74, 6) is 0. The third-order valence-corrected chi connectivity index (χ3v) is 3.24. The monoisotopic (exact) mass is 231 g/mol. The average molecular weight is 231 g/mol. The molecule has 17 heavy (non-hydrogen) atoms. The van der Waals surface area contributed by atoms with Gasteiger partial charge in [0.15, 0.2) is 0 Å². The lowest BCUT2D eigenvalue weighted by Crippen LogP contribution is -2.21. The first kappa shape index (κ1) is 10.6. The molecule has 0 saturated carbocycles. The molecule has 2 N–H and O–H groups in total. The van der Waals surface area contributed by atoms with Crippen molar-refractivity contribution >= 4 is 11.3 Å². The number of hydrogen-bond donors (Lipinski definition) is 1. The standard InChI is InChI=1S/C13H17N3O/c14-10-4-5-16-9-11(15-13(16)7-10)8-12-3-1-2-6-17-12/h4-5,7,9,12H,1-3,6,8,14H2. The molecule has 90 valence electrons. The van der Waals surface area contributed by atoms with Crippen LogP contribution in [0.15, 0.2) is 24.5 Å². The molecule has 1 aliphatic heterocycles. The number of hydrogen-bond acceptors (Lipinski definition) is 3. The average Bonchev–Trinajstić information content (AvgIpc) is 2.71. The van der Waals surface area contributed by atoms with E-state index >= 15 is 0 Å². The van der Waals surface area contributed by atoms with E-state index in [0.29, 0.717) is 6.10 Å². The second-order valence-corrected chi connectivity index (χ2v) is 4.65. The second-order valence-electron chi connectivity index (χ2n) is 4.65. The van der Waals surface area contributed by atoms with E-state index in [1.165, 1.54) is 12.8 Å². The summed E-state index contributed by atoms with van der Waals surface area (Å²) in [6.07, 6.45) is 8.86. The predicted molar refractivity (Wildman–Crippen MR) is 66.9 cm³/mol. The zero-order chi connectivity index (χ0) is 11.7. The van der Waals surface area contributed by atoms with E-state index in [1.54, 1.807) is 0 Å². The fraction of sp³-hybridized carbons (Fsp3) is 0.462. The summed E-state index contributed by atoms with van der Waals surface area (Å²) in [6.45, 7) is 0.894. The SMILES string of the molecule is Nc1ccn2cc(CC3CCCCO3)nc2c1. The van der Waals surface area contributed by atoms with Crippen molar-refractivity contribution in [3.8, 4) is 0 Å². The fourth-order valence-corrected chi connectivity index (χ4v) is 2.35. The van der Waals surface area contributed by atoms with Crippen molar-refractivity contribution in [2.75, 3.05) is 12.3 Å². The topological polar surface area (TPSA) is 52.5 Å². The molecule has 4 heteroatoms. The number of fused-ring (bicyclic) bond motifs is 1. The Labute approximate surface area is 100 Å². The summed E-state index contributed by atoms with van der Waals surface area (Å²) < 4.78 is 7.74. The first-order valence-corrected chi connectivity index (χ1v) is 6.16. The smallest absolute Gasteiger partial charge is 0.139 e. The first-order chi connectivity index (χ1) is 8.31. The largest absolute Gasteiger partial charge is 0.399 e. The molecule has 0 spiro atoms. The molecule has 0 bridgehead atoms. The molecule has 2 aromatic heterocycles. The van der Waals surface area contributed by atoms with Crippen LogP contribution in [0.1, 0.15) is 25.0 Å². The van der Waals surface area contributed by atoms with E-state index in [1.807, 2.05) is 22.7 Å². The molecular formula is C13H17N3O. The Balaban J connectivity index is 1.80. The summed E-state index contributed by atoms with van der Waals surface area (Å²) >= 11 is 0. The lowest BCUT2D eigenvalue weighted by atomic mass is 10.1. The van der Waals surface area contributed by atoms with Crippen molar-refractivity contribution in [1.82, 2.24) is 9.38 Å². The Morgan fingerprint density at radius 3 is 3.24 bits per heavy atom. The van der Waals surface area contributed by atoms with E-state index in [9.17, 15) is 0 Å². The molecule has 0 aromatic carbocycles. The lowest BCUT2D eigenvalue weighted by molar-refractivity contribution is 0.0163. The number of aromatic nitrogens is 2. The van der Waals surface area contributed by atoms with Gasteiger partial charge in [0.2, 0.25) is 0 Å². The summed E-state index contributed by atoms with van der Waals surface area (Å²) in [4.78, 5) is 4.57. The van der Waals surface area contributed by atoms with Gasteiger partial charge in [-0.2, -0.15) is 0 Å². The van der Waals surface area contributed by atoms with Crippen LogP contribution in [-0.2, 0) is 11.2 Å². The minimum absolute atomic E-state index is 0.339. The molecule has 3 heterocycles. The Morgan fingerprint density at radius 1 is 1.47 bits per heavy atom. The quantitative estimate of drug-likeness (QED) is 0.860. The Morgan fingerprint density at radius 2 is 2.41 bits per heavy atom. The zero-order valence-electron chi connectivity index (χ0n) is 9.80. The van der Waals surface area contributed by atoms with Crippen molar-refractivity contribution in [2.45, 2.75) is 31.8 Å². The molecule has 1 atom stereocenters. The summed E-state index contributed by atoms with van der Waals surface area (Å²) in [5.41, 5.74) is 8.49. The van der Waals surface area contributed by atoms with Crippen molar-refractivity contribution in [3.05, 3.63) is 30.2 Å². The van der Waals surface area contributed by atoms with Gasteiger partial charge in [0, 0.05) is 37.2 Å². The summed E-state index contributed by atoms with van der Waals surface area (Å²) in [6, 6.07) is 3.78. The van der Waals surface area contributed by atoms with Crippen LogP contribution in [-0.4, -0.2) is 22.1 Å². The van der Waals surface area contributed by atoms with Crippen LogP contribution in [0, 0.1) is 0 Å². The van der Waals surface area contributed by atoms with Crippen molar-refractivity contribution in [2.24, 2.45) is 0 Å². The van der Waals surface area contributed by atoms with Gasteiger partial charge in [0.05, 0.1) is 11.8 Å². The maximum Gasteiger partial charge on any atom is 0.139 e. The van der Waals surface area contributed by atoms with E-state index in [2.05, 4.69) is 11.2 Å². The van der Waals surface area contributed by atoms with Gasteiger partial charge in [0.1, 0.15) is 5.65 Å². The van der Waals surface area contributed by atoms with Crippen LogP contribution in [0.4, 0.5) is 5.69 Å². The Hall–Kier alpha value is -1.55. The van der Waals surface area contributed by atoms with Crippen LogP contribution in [0.5, 0.6) is 0 Å². The molecular weight excluding hydrogens is 214 g/mol. The molecule has 4 nitrogen and oxygen atoms in total. The summed E-state index contributed by atoms with van der Waals surface area (Å²) in [7, 11) is 0. The maximum atomic E-state index is 5.74. The van der Waals surface area contributed by atoms with Gasteiger partial charge in [-0.1, -0.05) is 0 Å². The summed E-state index contributed by atoms with van der Waals surface area (Å²) in [5, 5.41) is 0. The first-order valence-electron chi connectivity index (χ1n) is 6.16. The van der Waals surface area contributed by atoms with E-state index in [0.717, 1.165) is 36.5 Å². The Kier molecular flexibility index (Phi) is 2.73. The molecule has 0 radical (unpaired) electrons. The third-order valence-electron chi connectivity index (χ3n) is 3.24. The van der Waals surface area contributed by atoms with E-state index < -0.39 is 0 Å². The molecule has 2 aromatic rings. The number of pyridine rings is 1. The fourth-order valence-electron chi connectivity index (χ4n) is 2.35. The van der Waals surface area contributed by atoms with Crippen LogP contribution in [0.3, 0.4) is 0 Å². The molecule has 1 unspecified atom stereocenters. The molecule has 0 aliphatic carbocycles. The molecule has 1 fully saturated rings. The number of anilines is 1. The highest BCUT2D eigenvalue weighted by atomic mass is 16.5. The van der Waals surface area contributed by atoms with Gasteiger partial charge in [0.25, 0.3) is 0 Å². The number of nitrogens with two attached hydrogens (primary N) is 1. The van der Waals surface area contributed by atoms with Gasteiger partial charge < -0.3 is 14.9 Å². The lowest BCUT2D eigenvalue weighted by Gasteiger charge is -2.21. The van der Waals surface area contributed by atoms with Gasteiger partial charge in [-0.05, 0) is 25.3 Å². The predicted octanol–water partition coefficient (Wildman–Crippen LogP) is 2.03. The number of rotatable bonds is 2. The van der Waals surface area contributed by atoms with Gasteiger partial charge in [-0.15, -0.1) is 0 Å². The molecule has 3 rings (SSSR count). The van der Waals surface area contributed by atoms with Crippen LogP contribution in [0.2, 0.25) is 0 Å². The minimum Gasteiger partial charge on any atom is -0.399 e. The Bertz CT molecular complexity index is 514. The highest BCUT2D eigenvalue weighted by Gasteiger charge is 2.15. The number of ether oxygens (including phenoxy) is 1. The van der Waals surface area contributed by atoms with Crippen LogP contribution >= 0.6 is 0 Å². The maximum absolute atomic E-state index is 5.74. The van der Waals surface area contributed by atoms with E-state index in [4.69, 9.17) is 10.5 Å². The molecule has 0 amide bonds. The van der Waals surface area contributed by atoms with E-state index in [-0.39, 0.29) is 0 Å². The van der Waals surface area contributed by atoms with Crippen LogP contribution < -0.4 is 5.73 Å².